The molecule has 0 saturated carbocycles. The number of benzene rings is 3. The van der Waals surface area contributed by atoms with Crippen LogP contribution in [0.25, 0.3) is 0 Å². The lowest BCUT2D eigenvalue weighted by molar-refractivity contribution is 0.244. The van der Waals surface area contributed by atoms with E-state index in [1.54, 1.807) is 18.2 Å². The molecule has 0 radical (unpaired) electrons. The van der Waals surface area contributed by atoms with Crippen molar-refractivity contribution in [1.82, 2.24) is 0 Å². The third kappa shape index (κ3) is 6.72. The first-order chi connectivity index (χ1) is 18.1. The number of phenolic OH excluding ortho intramolecular Hbond substituents is 1. The molecule has 1 N–H and O–H groups in total. The fraction of sp³-hybridized carbons (Fsp3) is 0.387. The highest BCUT2D eigenvalue weighted by Gasteiger charge is 2.22. The Hall–Kier alpha value is -3.30. The molecule has 0 aliphatic carbocycles. The van der Waals surface area contributed by atoms with Gasteiger partial charge in [-0.15, -0.1) is 0 Å². The first-order valence-electron chi connectivity index (χ1n) is 13.1. The Morgan fingerprint density at radius 3 is 2.46 bits per heavy atom. The molecule has 0 amide bonds. The van der Waals surface area contributed by atoms with E-state index in [1.165, 1.54) is 0 Å². The molecular formula is C31H35NO4S. The van der Waals surface area contributed by atoms with Crippen LogP contribution >= 0.6 is 11.8 Å². The van der Waals surface area contributed by atoms with Crippen molar-refractivity contribution in [3.8, 4) is 34.8 Å². The second kappa shape index (κ2) is 13.3. The Balaban J connectivity index is 1.37. The minimum absolute atomic E-state index is 0.343. The van der Waals surface area contributed by atoms with Crippen LogP contribution in [0.4, 0.5) is 0 Å². The van der Waals surface area contributed by atoms with Crippen molar-refractivity contribution in [2.75, 3.05) is 24.7 Å². The number of nitriles is 1. The molecule has 0 bridgehead atoms. The van der Waals surface area contributed by atoms with Crippen LogP contribution in [-0.2, 0) is 12.8 Å². The van der Waals surface area contributed by atoms with Gasteiger partial charge in [0.25, 0.3) is 0 Å². The van der Waals surface area contributed by atoms with Gasteiger partial charge in [-0.3, -0.25) is 0 Å². The molecule has 1 aliphatic heterocycles. The summed E-state index contributed by atoms with van der Waals surface area (Å²) < 4.78 is 18.4. The van der Waals surface area contributed by atoms with Gasteiger partial charge in [-0.1, -0.05) is 38.5 Å². The summed E-state index contributed by atoms with van der Waals surface area (Å²) >= 11 is 1.95. The van der Waals surface area contributed by atoms with Crippen molar-refractivity contribution in [3.05, 3.63) is 76.9 Å². The van der Waals surface area contributed by atoms with Gasteiger partial charge < -0.3 is 19.3 Å². The molecule has 4 rings (SSSR count). The second-order valence-electron chi connectivity index (χ2n) is 9.18. The van der Waals surface area contributed by atoms with Gasteiger partial charge in [0.1, 0.15) is 34.8 Å². The summed E-state index contributed by atoms with van der Waals surface area (Å²) in [6, 6.07) is 19.1. The lowest BCUT2D eigenvalue weighted by Gasteiger charge is -2.18. The Kier molecular flexibility index (Phi) is 9.62. The van der Waals surface area contributed by atoms with Crippen molar-refractivity contribution < 1.29 is 19.3 Å². The normalized spacial score (nSPS) is 14.8. The topological polar surface area (TPSA) is 71.7 Å². The maximum absolute atomic E-state index is 10.6. The van der Waals surface area contributed by atoms with Gasteiger partial charge in [-0.2, -0.15) is 17.0 Å². The molecule has 1 unspecified atom stereocenters. The highest BCUT2D eigenvalue weighted by Crippen LogP contribution is 2.40. The molecule has 0 spiro atoms. The number of phenols is 1. The molecule has 1 aliphatic rings. The van der Waals surface area contributed by atoms with Gasteiger partial charge >= 0.3 is 0 Å². The van der Waals surface area contributed by atoms with Crippen molar-refractivity contribution in [1.29, 1.82) is 5.26 Å². The maximum atomic E-state index is 10.6. The molecule has 1 fully saturated rings. The quantitative estimate of drug-likeness (QED) is 0.249. The standard InChI is InChI=1S/C31H35NO4S/c1-3-9-25-29(12-7-13-30(25)36-28-11-6-5-10-23(28)20-32)34-15-8-16-35-31-19-27(33)26(18-22(31)4-2)24-14-17-37-21-24/h5-7,10-13,18-19,24,33H,3-4,8-9,14-17,21H2,1-2H3. The average molecular weight is 518 g/mol. The van der Waals surface area contributed by atoms with Crippen molar-refractivity contribution in [2.45, 2.75) is 51.9 Å². The summed E-state index contributed by atoms with van der Waals surface area (Å²) in [6.07, 6.45) is 4.44. The molecule has 0 aromatic heterocycles. The molecule has 37 heavy (non-hydrogen) atoms. The molecule has 1 saturated heterocycles. The number of rotatable bonds is 12. The Morgan fingerprint density at radius 1 is 0.973 bits per heavy atom. The summed E-state index contributed by atoms with van der Waals surface area (Å²) in [5, 5.41) is 20.0. The van der Waals surface area contributed by atoms with Gasteiger partial charge in [0.2, 0.25) is 0 Å². The molecule has 194 valence electrons. The van der Waals surface area contributed by atoms with Crippen LogP contribution < -0.4 is 14.2 Å². The Morgan fingerprint density at radius 2 is 1.73 bits per heavy atom. The number of hydrogen-bond acceptors (Lipinski definition) is 6. The largest absolute Gasteiger partial charge is 0.508 e. The molecule has 3 aromatic rings. The third-order valence-corrected chi connectivity index (χ3v) is 7.74. The molecule has 1 heterocycles. The number of ether oxygens (including phenoxy) is 3. The van der Waals surface area contributed by atoms with Crippen LogP contribution in [0, 0.1) is 11.3 Å². The number of aromatic hydroxyl groups is 1. The first-order valence-corrected chi connectivity index (χ1v) is 14.3. The summed E-state index contributed by atoms with van der Waals surface area (Å²) in [5.74, 6) is 5.81. The molecule has 3 aromatic carbocycles. The maximum Gasteiger partial charge on any atom is 0.145 e. The van der Waals surface area contributed by atoms with Crippen LogP contribution in [0.2, 0.25) is 0 Å². The zero-order chi connectivity index (χ0) is 26.0. The molecule has 6 heteroatoms. The van der Waals surface area contributed by atoms with E-state index in [4.69, 9.17) is 14.2 Å². The zero-order valence-corrected chi connectivity index (χ0v) is 22.5. The van der Waals surface area contributed by atoms with E-state index < -0.39 is 0 Å². The number of thioether (sulfide) groups is 1. The number of para-hydroxylation sites is 1. The highest BCUT2D eigenvalue weighted by molar-refractivity contribution is 7.99. The molecule has 1 atom stereocenters. The predicted molar refractivity (Wildman–Crippen MR) is 149 cm³/mol. The predicted octanol–water partition coefficient (Wildman–Crippen LogP) is 7.64. The van der Waals surface area contributed by atoms with Gasteiger partial charge in [-0.05, 0) is 72.4 Å². The van der Waals surface area contributed by atoms with E-state index in [2.05, 4.69) is 26.0 Å². The summed E-state index contributed by atoms with van der Waals surface area (Å²) in [5.41, 5.74) is 3.69. The zero-order valence-electron chi connectivity index (χ0n) is 21.7. The van der Waals surface area contributed by atoms with Gasteiger partial charge in [0.15, 0.2) is 0 Å². The van der Waals surface area contributed by atoms with Crippen LogP contribution in [0.15, 0.2) is 54.6 Å². The van der Waals surface area contributed by atoms with E-state index in [-0.39, 0.29) is 0 Å². The minimum Gasteiger partial charge on any atom is -0.508 e. The SMILES string of the molecule is CCCc1c(OCCCOc2cc(O)c(C3CCSC3)cc2CC)cccc1Oc1ccccc1C#N. The van der Waals surface area contributed by atoms with Gasteiger partial charge in [0.05, 0.1) is 18.8 Å². The lowest BCUT2D eigenvalue weighted by Crippen LogP contribution is -2.08. The van der Waals surface area contributed by atoms with Crippen molar-refractivity contribution in [2.24, 2.45) is 0 Å². The fourth-order valence-electron chi connectivity index (χ4n) is 4.61. The van der Waals surface area contributed by atoms with Crippen molar-refractivity contribution in [3.63, 3.8) is 0 Å². The van der Waals surface area contributed by atoms with E-state index >= 15 is 0 Å². The highest BCUT2D eigenvalue weighted by atomic mass is 32.2. The van der Waals surface area contributed by atoms with Crippen molar-refractivity contribution >= 4 is 11.8 Å². The third-order valence-electron chi connectivity index (χ3n) is 6.58. The van der Waals surface area contributed by atoms with E-state index in [1.807, 2.05) is 42.1 Å². The van der Waals surface area contributed by atoms with E-state index in [0.29, 0.717) is 48.4 Å². The minimum atomic E-state index is 0.343. The molecule has 5 nitrogen and oxygen atoms in total. The van der Waals surface area contributed by atoms with Crippen LogP contribution in [0.1, 0.15) is 61.3 Å². The summed E-state index contributed by atoms with van der Waals surface area (Å²) in [4.78, 5) is 0. The van der Waals surface area contributed by atoms with Crippen LogP contribution in [0.3, 0.4) is 0 Å². The van der Waals surface area contributed by atoms with Gasteiger partial charge in [0, 0.05) is 23.8 Å². The lowest BCUT2D eigenvalue weighted by atomic mass is 9.94. The molecular weight excluding hydrogens is 482 g/mol. The second-order valence-corrected chi connectivity index (χ2v) is 10.3. The number of hydrogen-bond donors (Lipinski definition) is 1. The smallest absolute Gasteiger partial charge is 0.145 e. The Labute approximate surface area is 224 Å². The summed E-state index contributed by atoms with van der Waals surface area (Å²) in [7, 11) is 0. The van der Waals surface area contributed by atoms with Crippen LogP contribution in [-0.4, -0.2) is 29.8 Å². The van der Waals surface area contributed by atoms with E-state index in [9.17, 15) is 10.4 Å². The average Bonchev–Trinajstić information content (AvgIpc) is 3.45. The monoisotopic (exact) mass is 517 g/mol. The first kappa shape index (κ1) is 26.8. The summed E-state index contributed by atoms with van der Waals surface area (Å²) in [6.45, 7) is 5.24. The van der Waals surface area contributed by atoms with Gasteiger partial charge in [-0.25, -0.2) is 0 Å². The fourth-order valence-corrected chi connectivity index (χ4v) is 5.86. The Bertz CT molecular complexity index is 1230. The number of aryl methyl sites for hydroxylation is 1. The van der Waals surface area contributed by atoms with E-state index in [0.717, 1.165) is 65.4 Å². The van der Waals surface area contributed by atoms with Crippen LogP contribution in [0.5, 0.6) is 28.7 Å². The number of nitrogens with zero attached hydrogens (tertiary/aromatic N) is 1.